The third-order valence-electron chi connectivity index (χ3n) is 3.26. The molecule has 0 aliphatic heterocycles. The molecule has 0 spiro atoms. The van der Waals surface area contributed by atoms with Crippen LogP contribution in [0.3, 0.4) is 0 Å². The lowest BCUT2D eigenvalue weighted by Gasteiger charge is -2.06. The van der Waals surface area contributed by atoms with E-state index < -0.39 is 0 Å². The summed E-state index contributed by atoms with van der Waals surface area (Å²) in [5.41, 5.74) is 3.62. The molecule has 0 fully saturated rings. The smallest absolute Gasteiger partial charge is 0.211 e. The van der Waals surface area contributed by atoms with Gasteiger partial charge in [-0.2, -0.15) is 9.98 Å². The monoisotopic (exact) mass is 308 g/mol. The summed E-state index contributed by atoms with van der Waals surface area (Å²) in [4.78, 5) is 27.2. The number of isocyanates is 2. The van der Waals surface area contributed by atoms with Gasteiger partial charge in [-0.3, -0.25) is 0 Å². The number of benzene rings is 2. The Labute approximate surface area is 136 Å². The Morgan fingerprint density at radius 3 is 1.96 bits per heavy atom. The highest BCUT2D eigenvalue weighted by Gasteiger charge is 2.03. The van der Waals surface area contributed by atoms with Crippen LogP contribution in [-0.2, 0) is 16.0 Å². The molecule has 4 heteroatoms. The summed E-state index contributed by atoms with van der Waals surface area (Å²) in [6.45, 7) is 6.16. The number of aryl methyl sites for hydroxylation is 1. The van der Waals surface area contributed by atoms with Crippen molar-refractivity contribution in [3.63, 3.8) is 0 Å². The number of aliphatic imine (C=N–C) groups is 2. The zero-order valence-electron chi connectivity index (χ0n) is 13.6. The van der Waals surface area contributed by atoms with Gasteiger partial charge in [0.05, 0.1) is 11.4 Å². The third-order valence-corrected chi connectivity index (χ3v) is 3.26. The van der Waals surface area contributed by atoms with Crippen molar-refractivity contribution in [1.82, 2.24) is 0 Å². The fourth-order valence-corrected chi connectivity index (χ4v) is 2.09. The van der Waals surface area contributed by atoms with Gasteiger partial charge in [0.15, 0.2) is 0 Å². The summed E-state index contributed by atoms with van der Waals surface area (Å²) in [5.74, 6) is 0.387. The molecule has 0 atom stereocenters. The Bertz CT molecular complexity index is 726. The zero-order chi connectivity index (χ0) is 17.1. The molecule has 2 rings (SSSR count). The molecule has 0 N–H and O–H groups in total. The molecular formula is C19H20N2O2. The maximum absolute atomic E-state index is 10.1. The maximum atomic E-state index is 10.1. The SMILES string of the molecule is CC(C)c1ccccc1N=C=O.CCc1ccccc1N=C=O. The molecule has 0 radical (unpaired) electrons. The third kappa shape index (κ3) is 5.84. The van der Waals surface area contributed by atoms with Crippen molar-refractivity contribution in [2.75, 3.05) is 0 Å². The summed E-state index contributed by atoms with van der Waals surface area (Å²) < 4.78 is 0. The molecule has 0 unspecified atom stereocenters. The van der Waals surface area contributed by atoms with E-state index in [4.69, 9.17) is 0 Å². The van der Waals surface area contributed by atoms with Crippen LogP contribution in [0.1, 0.15) is 37.8 Å². The minimum atomic E-state index is 0.387. The van der Waals surface area contributed by atoms with Gasteiger partial charge in [0.2, 0.25) is 12.2 Å². The van der Waals surface area contributed by atoms with Crippen LogP contribution < -0.4 is 0 Å². The first-order valence-corrected chi connectivity index (χ1v) is 7.46. The van der Waals surface area contributed by atoms with Crippen LogP contribution in [0.25, 0.3) is 0 Å². The molecule has 0 amide bonds. The Kier molecular flexibility index (Phi) is 7.95. The first kappa shape index (κ1) is 18.2. The highest BCUT2D eigenvalue weighted by Crippen LogP contribution is 2.25. The topological polar surface area (TPSA) is 58.9 Å². The van der Waals surface area contributed by atoms with Crippen LogP contribution in [0.2, 0.25) is 0 Å². The fraction of sp³-hybridized carbons (Fsp3) is 0.263. The molecule has 0 heterocycles. The summed E-state index contributed by atoms with van der Waals surface area (Å²) in [6.07, 6.45) is 3.98. The predicted octanol–water partition coefficient (Wildman–Crippen LogP) is 4.99. The highest BCUT2D eigenvalue weighted by molar-refractivity contribution is 5.54. The highest BCUT2D eigenvalue weighted by atomic mass is 16.1. The van der Waals surface area contributed by atoms with E-state index in [1.807, 2.05) is 55.5 Å². The number of hydrogen-bond acceptors (Lipinski definition) is 4. The standard InChI is InChI=1S/C10H11NO.C9H9NO/c1-8(2)9-5-3-4-6-10(9)11-7-12;1-2-8-5-3-4-6-9(8)10-7-11/h3-6,8H,1-2H3;3-6H,2H2,1H3. The second-order valence-corrected chi connectivity index (χ2v) is 5.10. The molecular weight excluding hydrogens is 288 g/mol. The van der Waals surface area contributed by atoms with Crippen LogP contribution in [0, 0.1) is 0 Å². The zero-order valence-corrected chi connectivity index (χ0v) is 13.6. The quantitative estimate of drug-likeness (QED) is 0.590. The lowest BCUT2D eigenvalue weighted by molar-refractivity contribution is 0.564. The van der Waals surface area contributed by atoms with E-state index in [0.717, 1.165) is 28.9 Å². The van der Waals surface area contributed by atoms with E-state index in [0.29, 0.717) is 5.92 Å². The molecule has 23 heavy (non-hydrogen) atoms. The van der Waals surface area contributed by atoms with Gasteiger partial charge in [-0.25, -0.2) is 9.59 Å². The molecule has 0 bridgehead atoms. The molecule has 0 aliphatic rings. The van der Waals surface area contributed by atoms with Gasteiger partial charge in [0.1, 0.15) is 0 Å². The average Bonchev–Trinajstić information content (AvgIpc) is 2.57. The number of hydrogen-bond donors (Lipinski definition) is 0. The van der Waals surface area contributed by atoms with Gasteiger partial charge in [-0.15, -0.1) is 0 Å². The molecule has 2 aromatic carbocycles. The van der Waals surface area contributed by atoms with Crippen LogP contribution in [0.4, 0.5) is 11.4 Å². The van der Waals surface area contributed by atoms with E-state index >= 15 is 0 Å². The van der Waals surface area contributed by atoms with Gasteiger partial charge >= 0.3 is 0 Å². The van der Waals surface area contributed by atoms with Gasteiger partial charge in [-0.1, -0.05) is 57.2 Å². The molecule has 0 saturated heterocycles. The Balaban J connectivity index is 0.000000231. The largest absolute Gasteiger partial charge is 0.240 e. The van der Waals surface area contributed by atoms with Crippen molar-refractivity contribution >= 4 is 23.5 Å². The fourth-order valence-electron chi connectivity index (χ4n) is 2.09. The van der Waals surface area contributed by atoms with Crippen molar-refractivity contribution < 1.29 is 9.59 Å². The predicted molar refractivity (Wildman–Crippen MR) is 91.9 cm³/mol. The van der Waals surface area contributed by atoms with Gasteiger partial charge in [0.25, 0.3) is 0 Å². The van der Waals surface area contributed by atoms with E-state index in [1.54, 1.807) is 6.08 Å². The minimum absolute atomic E-state index is 0.387. The van der Waals surface area contributed by atoms with Gasteiger partial charge in [-0.05, 0) is 35.6 Å². The average molecular weight is 308 g/mol. The van der Waals surface area contributed by atoms with Gasteiger partial charge in [0, 0.05) is 0 Å². The van der Waals surface area contributed by atoms with Crippen LogP contribution in [0.15, 0.2) is 58.5 Å². The van der Waals surface area contributed by atoms with Crippen molar-refractivity contribution in [1.29, 1.82) is 0 Å². The number of carbonyl (C=O) groups excluding carboxylic acids is 2. The second-order valence-electron chi connectivity index (χ2n) is 5.10. The lowest BCUT2D eigenvalue weighted by atomic mass is 10.0. The Morgan fingerprint density at radius 2 is 1.39 bits per heavy atom. The normalized spacial score (nSPS) is 9.22. The van der Waals surface area contributed by atoms with E-state index in [9.17, 15) is 9.59 Å². The molecule has 4 nitrogen and oxygen atoms in total. The first-order chi connectivity index (χ1) is 11.1. The first-order valence-electron chi connectivity index (χ1n) is 7.46. The van der Waals surface area contributed by atoms with E-state index in [2.05, 4.69) is 23.8 Å². The molecule has 2 aromatic rings. The van der Waals surface area contributed by atoms with Crippen LogP contribution in [-0.4, -0.2) is 12.2 Å². The van der Waals surface area contributed by atoms with Crippen molar-refractivity contribution in [3.8, 4) is 0 Å². The number of rotatable bonds is 4. The second kappa shape index (κ2) is 10.0. The van der Waals surface area contributed by atoms with E-state index in [-0.39, 0.29) is 0 Å². The lowest BCUT2D eigenvalue weighted by Crippen LogP contribution is -1.86. The van der Waals surface area contributed by atoms with Crippen molar-refractivity contribution in [3.05, 3.63) is 59.7 Å². The number of nitrogens with zero attached hydrogens (tertiary/aromatic N) is 2. The molecule has 118 valence electrons. The van der Waals surface area contributed by atoms with Crippen molar-refractivity contribution in [2.45, 2.75) is 33.1 Å². The van der Waals surface area contributed by atoms with Crippen LogP contribution in [0.5, 0.6) is 0 Å². The van der Waals surface area contributed by atoms with Crippen LogP contribution >= 0.6 is 0 Å². The summed E-state index contributed by atoms with van der Waals surface area (Å²) in [6, 6.07) is 15.2. The minimum Gasteiger partial charge on any atom is -0.211 e. The molecule has 0 saturated carbocycles. The number of para-hydroxylation sites is 2. The summed E-state index contributed by atoms with van der Waals surface area (Å²) >= 11 is 0. The van der Waals surface area contributed by atoms with Gasteiger partial charge < -0.3 is 0 Å². The Hall–Kier alpha value is -2.80. The summed E-state index contributed by atoms with van der Waals surface area (Å²) in [7, 11) is 0. The summed E-state index contributed by atoms with van der Waals surface area (Å²) in [5, 5.41) is 0. The maximum Gasteiger partial charge on any atom is 0.240 e. The Morgan fingerprint density at radius 1 is 0.870 bits per heavy atom. The van der Waals surface area contributed by atoms with E-state index in [1.165, 1.54) is 6.08 Å². The molecule has 0 aromatic heterocycles. The molecule has 0 aliphatic carbocycles. The van der Waals surface area contributed by atoms with Crippen molar-refractivity contribution in [2.24, 2.45) is 9.98 Å².